The van der Waals surface area contributed by atoms with E-state index in [1.807, 2.05) is 57.0 Å². The summed E-state index contributed by atoms with van der Waals surface area (Å²) in [5.41, 5.74) is 3.47. The third-order valence-electron chi connectivity index (χ3n) is 5.56. The zero-order chi connectivity index (χ0) is 28.6. The van der Waals surface area contributed by atoms with Crippen molar-refractivity contribution in [2.45, 2.75) is 46.6 Å². The predicted molar refractivity (Wildman–Crippen MR) is 164 cm³/mol. The number of carbonyl (C=O) groups is 1. The first-order valence-electron chi connectivity index (χ1n) is 12.8. The summed E-state index contributed by atoms with van der Waals surface area (Å²) in [4.78, 5) is 26.5. The van der Waals surface area contributed by atoms with E-state index in [4.69, 9.17) is 4.74 Å². The predicted octanol–water partition coefficient (Wildman–Crippen LogP) is -1.99. The normalized spacial score (nSPS) is 11.4. The van der Waals surface area contributed by atoms with Crippen LogP contribution in [0.15, 0.2) is 88.7 Å². The number of halogens is 4. The Bertz CT molecular complexity index is 1330. The third kappa shape index (κ3) is 16.5. The molecule has 0 bridgehead atoms. The second-order valence-electron chi connectivity index (χ2n) is 8.82. The fourth-order valence-electron chi connectivity index (χ4n) is 3.49. The van der Waals surface area contributed by atoms with E-state index in [1.54, 1.807) is 53.5 Å². The van der Waals surface area contributed by atoms with Crippen molar-refractivity contribution < 1.29 is 57.6 Å². The van der Waals surface area contributed by atoms with Crippen LogP contribution in [0.25, 0.3) is 5.69 Å². The van der Waals surface area contributed by atoms with Crippen LogP contribution in [0.1, 0.15) is 61.3 Å². The van der Waals surface area contributed by atoms with Crippen LogP contribution in [-0.2, 0) is 4.74 Å². The molecule has 2 aromatic heterocycles. The molecule has 4 aromatic rings. The molecule has 1 fully saturated rings. The molecule has 0 N–H and O–H groups in total. The van der Waals surface area contributed by atoms with Gasteiger partial charge in [0.05, 0.1) is 22.5 Å². The number of hydrogen-bond acceptors (Lipinski definition) is 4. The van der Waals surface area contributed by atoms with Gasteiger partial charge >= 0.3 is 41.9 Å². The number of pyridine rings is 1. The Morgan fingerprint density at radius 1 is 1.02 bits per heavy atom. The summed E-state index contributed by atoms with van der Waals surface area (Å²) in [6.07, 6.45) is 10.8. The molecule has 0 amide bonds. The smallest absolute Gasteiger partial charge is 1.00 e. The summed E-state index contributed by atoms with van der Waals surface area (Å²) >= 11 is 3.21. The maximum absolute atomic E-state index is 12.8. The third-order valence-corrected chi connectivity index (χ3v) is 6.17. The molecule has 43 heavy (non-hydrogen) atoms. The van der Waals surface area contributed by atoms with Gasteiger partial charge in [-0.2, -0.15) is 13.8 Å². The molecule has 0 aliphatic carbocycles. The number of imidazole rings is 1. The molecular formula is C31H36BrCl2FLiMgN3O3. The fourth-order valence-corrected chi connectivity index (χ4v) is 3.84. The summed E-state index contributed by atoms with van der Waals surface area (Å²) in [6, 6.07) is 16.9. The van der Waals surface area contributed by atoms with Gasteiger partial charge in [-0.15, -0.1) is 0 Å². The van der Waals surface area contributed by atoms with Gasteiger partial charge < -0.3 is 45.1 Å². The average Bonchev–Trinajstić information content (AvgIpc) is 3.67. The molecule has 0 spiro atoms. The largest absolute Gasteiger partial charge is 2.00 e. The molecule has 1 atom stereocenters. The van der Waals surface area contributed by atoms with E-state index in [0.29, 0.717) is 10.0 Å². The molecular weight excluding hydrogens is 663 g/mol. The minimum Gasteiger partial charge on any atom is -1.00 e. The molecule has 224 valence electrons. The van der Waals surface area contributed by atoms with Crippen LogP contribution in [-0.4, -0.2) is 56.7 Å². The van der Waals surface area contributed by atoms with Gasteiger partial charge in [0.15, 0.2) is 0 Å². The molecule has 5 rings (SSSR count). The molecule has 6 nitrogen and oxygen atoms in total. The van der Waals surface area contributed by atoms with E-state index >= 15 is 0 Å². The van der Waals surface area contributed by atoms with Crippen molar-refractivity contribution in [3.05, 3.63) is 123 Å². The Balaban J connectivity index is -0.000000556. The van der Waals surface area contributed by atoms with Crippen LogP contribution in [0.5, 0.6) is 0 Å². The molecule has 2 aromatic carbocycles. The number of benzene rings is 2. The van der Waals surface area contributed by atoms with Gasteiger partial charge in [0.25, 0.3) is 5.56 Å². The van der Waals surface area contributed by atoms with Crippen LogP contribution in [0.4, 0.5) is 4.39 Å². The Morgan fingerprint density at radius 2 is 1.58 bits per heavy atom. The zero-order valence-electron chi connectivity index (χ0n) is 25.4. The number of aryl methyl sites for hydroxylation is 1. The number of aromatic nitrogens is 3. The summed E-state index contributed by atoms with van der Waals surface area (Å²) < 4.78 is 21.8. The molecule has 1 unspecified atom stereocenters. The number of ether oxygens (including phenoxy) is 1. The summed E-state index contributed by atoms with van der Waals surface area (Å²) in [5.74, 6) is -0.275. The minimum absolute atomic E-state index is 0. The second kappa shape index (κ2) is 25.9. The van der Waals surface area contributed by atoms with Crippen LogP contribution in [0.3, 0.4) is 0 Å². The van der Waals surface area contributed by atoms with Gasteiger partial charge in [-0.1, -0.05) is 12.1 Å². The molecule has 1 saturated heterocycles. The van der Waals surface area contributed by atoms with Crippen molar-refractivity contribution in [1.82, 2.24) is 14.1 Å². The van der Waals surface area contributed by atoms with Crippen LogP contribution >= 0.6 is 15.9 Å². The first-order chi connectivity index (χ1) is 18.8. The number of hydrogen-bond donors (Lipinski definition) is 0. The standard InChI is InChI=1S/C13H11BrFNO.C11H10N2O.C4H8O.C3H7.2ClH.Li.Mg/c1-9(10-4-6-11(15)7-5-10)16-8-2-3-12(14)13(16)17;1-9-6-13(8-12-9)11-4-2-10(7-14)3-5-11;1-2-4-5-3-1;1-3-2;;;;/h2-9H,1H3;2-8H,1H3;1-4H2;3H,1-2H3;2*1H;;/q;;;-1;;;+1;+2/p-2. The van der Waals surface area contributed by atoms with Crippen molar-refractivity contribution >= 4 is 45.3 Å². The Hall–Kier alpha value is -1.42. The zero-order valence-corrected chi connectivity index (χ0v) is 29.9. The van der Waals surface area contributed by atoms with Gasteiger partial charge in [-0.3, -0.25) is 9.59 Å². The molecule has 12 heteroatoms. The topological polar surface area (TPSA) is 66.1 Å². The molecule has 1 aliphatic heterocycles. The van der Waals surface area contributed by atoms with E-state index in [9.17, 15) is 14.0 Å². The SMILES string of the molecule is C1CCOC1.CC(c1ccc(F)cc1)n1cccc(Br)c1=O.C[CH-]C.Cc1cn(-c2ccc(C=O)cc2)cn1.[Cl-].[Cl-].[Li+].[Mg+2]. The van der Waals surface area contributed by atoms with E-state index in [2.05, 4.69) is 20.9 Å². The van der Waals surface area contributed by atoms with Crippen LogP contribution in [0.2, 0.25) is 0 Å². The van der Waals surface area contributed by atoms with Gasteiger partial charge in [-0.25, -0.2) is 9.37 Å². The van der Waals surface area contributed by atoms with Gasteiger partial charge in [0, 0.05) is 36.9 Å². The number of aldehydes is 1. The van der Waals surface area contributed by atoms with Crippen molar-refractivity contribution in [2.24, 2.45) is 0 Å². The van der Waals surface area contributed by atoms with E-state index in [0.717, 1.165) is 36.4 Å². The first kappa shape index (κ1) is 46.0. The van der Waals surface area contributed by atoms with Crippen molar-refractivity contribution in [1.29, 1.82) is 0 Å². The van der Waals surface area contributed by atoms with Crippen molar-refractivity contribution in [3.8, 4) is 5.69 Å². The van der Waals surface area contributed by atoms with Gasteiger partial charge in [0.2, 0.25) is 0 Å². The summed E-state index contributed by atoms with van der Waals surface area (Å²) in [6.45, 7) is 9.84. The minimum atomic E-state index is -0.275. The second-order valence-corrected chi connectivity index (χ2v) is 9.68. The van der Waals surface area contributed by atoms with E-state index in [-0.39, 0.29) is 84.1 Å². The van der Waals surface area contributed by atoms with E-state index in [1.165, 1.54) is 25.0 Å². The quantitative estimate of drug-likeness (QED) is 0.141. The monoisotopic (exact) mass is 697 g/mol. The maximum Gasteiger partial charge on any atom is 2.00 e. The van der Waals surface area contributed by atoms with Crippen molar-refractivity contribution in [3.63, 3.8) is 0 Å². The van der Waals surface area contributed by atoms with Crippen LogP contribution in [0, 0.1) is 19.2 Å². The molecule has 3 heterocycles. The van der Waals surface area contributed by atoms with Crippen LogP contribution < -0.4 is 49.2 Å². The van der Waals surface area contributed by atoms with E-state index < -0.39 is 0 Å². The molecule has 0 saturated carbocycles. The number of nitrogens with zero attached hydrogens (tertiary/aromatic N) is 3. The molecule has 0 radical (unpaired) electrons. The Morgan fingerprint density at radius 3 is 2.02 bits per heavy atom. The maximum atomic E-state index is 12.8. The number of rotatable bonds is 4. The van der Waals surface area contributed by atoms with Crippen molar-refractivity contribution in [2.75, 3.05) is 13.2 Å². The summed E-state index contributed by atoms with van der Waals surface area (Å²) in [5, 5.41) is 0. The van der Waals surface area contributed by atoms with Gasteiger partial charge in [-0.05, 0) is 96.7 Å². The Kier molecular flexibility index (Phi) is 27.7. The average molecular weight is 700 g/mol. The summed E-state index contributed by atoms with van der Waals surface area (Å²) in [7, 11) is 0. The fraction of sp³-hybridized carbons (Fsp3) is 0.290. The molecule has 1 aliphatic rings. The van der Waals surface area contributed by atoms with Gasteiger partial charge in [0.1, 0.15) is 12.1 Å². The Labute approximate surface area is 303 Å². The first-order valence-corrected chi connectivity index (χ1v) is 13.6. The number of carbonyl (C=O) groups excluding carboxylic acids is 1.